The highest BCUT2D eigenvalue weighted by Crippen LogP contribution is 2.44. The van der Waals surface area contributed by atoms with Crippen LogP contribution in [0.2, 0.25) is 0 Å². The van der Waals surface area contributed by atoms with E-state index in [1.807, 2.05) is 4.52 Å². The molecule has 0 amide bonds. The van der Waals surface area contributed by atoms with Crippen LogP contribution < -0.4 is 5.73 Å². The Labute approximate surface area is 121 Å². The van der Waals surface area contributed by atoms with Crippen LogP contribution in [0.15, 0.2) is 0 Å². The Kier molecular flexibility index (Phi) is 2.84. The molecule has 2 aromatic rings. The molecule has 0 bridgehead atoms. The third kappa shape index (κ3) is 1.96. The molecule has 2 aromatic heterocycles. The van der Waals surface area contributed by atoms with Crippen molar-refractivity contribution in [2.45, 2.75) is 44.1 Å². The Morgan fingerprint density at radius 1 is 1.25 bits per heavy atom. The number of hydrogen-bond donors (Lipinski definition) is 1. The van der Waals surface area contributed by atoms with Crippen molar-refractivity contribution in [2.24, 2.45) is 11.7 Å². The first-order valence-electron chi connectivity index (χ1n) is 7.25. The van der Waals surface area contributed by atoms with Gasteiger partial charge in [-0.25, -0.2) is 0 Å². The van der Waals surface area contributed by atoms with Crippen molar-refractivity contribution in [3.63, 3.8) is 0 Å². The van der Waals surface area contributed by atoms with E-state index in [0.29, 0.717) is 11.8 Å². The molecular weight excluding hydrogens is 274 g/mol. The van der Waals surface area contributed by atoms with Crippen molar-refractivity contribution in [3.05, 3.63) is 10.8 Å². The normalized spacial score (nSPS) is 24.1. The van der Waals surface area contributed by atoms with Gasteiger partial charge < -0.3 is 10.5 Å². The monoisotopic (exact) mass is 293 g/mol. The maximum Gasteiger partial charge on any atom is 0.234 e. The molecule has 3 heterocycles. The smallest absolute Gasteiger partial charge is 0.234 e. The Morgan fingerprint density at radius 2 is 2.00 bits per heavy atom. The zero-order chi connectivity index (χ0) is 13.7. The van der Waals surface area contributed by atoms with Crippen molar-refractivity contribution in [3.8, 4) is 0 Å². The van der Waals surface area contributed by atoms with E-state index in [4.69, 9.17) is 15.6 Å². The molecule has 1 aliphatic heterocycles. The van der Waals surface area contributed by atoms with Crippen molar-refractivity contribution in [1.29, 1.82) is 0 Å². The SMILES string of the molecule is CC(N)(c1nn2c(C3CCOCC3)nnc2s1)C1CC1. The fourth-order valence-corrected chi connectivity index (χ4v) is 3.90. The Balaban J connectivity index is 1.71. The van der Waals surface area contributed by atoms with Gasteiger partial charge in [0.1, 0.15) is 5.01 Å². The van der Waals surface area contributed by atoms with Crippen LogP contribution in [-0.2, 0) is 10.3 Å². The maximum absolute atomic E-state index is 6.46. The van der Waals surface area contributed by atoms with Crippen LogP contribution in [0.5, 0.6) is 0 Å². The minimum absolute atomic E-state index is 0.321. The lowest BCUT2D eigenvalue weighted by atomic mass is 9.99. The van der Waals surface area contributed by atoms with E-state index >= 15 is 0 Å². The van der Waals surface area contributed by atoms with Gasteiger partial charge in [0.05, 0.1) is 5.54 Å². The summed E-state index contributed by atoms with van der Waals surface area (Å²) in [6.07, 6.45) is 4.41. The van der Waals surface area contributed by atoms with Crippen LogP contribution in [0.4, 0.5) is 0 Å². The van der Waals surface area contributed by atoms with Crippen molar-refractivity contribution in [2.75, 3.05) is 13.2 Å². The van der Waals surface area contributed by atoms with Gasteiger partial charge >= 0.3 is 0 Å². The van der Waals surface area contributed by atoms with Crippen LogP contribution in [0.1, 0.15) is 49.4 Å². The van der Waals surface area contributed by atoms with Crippen molar-refractivity contribution < 1.29 is 4.74 Å². The van der Waals surface area contributed by atoms with Crippen LogP contribution >= 0.6 is 11.3 Å². The molecule has 2 fully saturated rings. The standard InChI is InChI=1S/C13H19N5OS/c1-13(14,9-2-3-9)11-17-18-10(15-16-12(18)20-11)8-4-6-19-7-5-8/h8-9H,2-7,14H2,1H3. The Morgan fingerprint density at radius 3 is 2.70 bits per heavy atom. The van der Waals surface area contributed by atoms with Gasteiger partial charge in [0, 0.05) is 19.1 Å². The highest BCUT2D eigenvalue weighted by atomic mass is 32.1. The summed E-state index contributed by atoms with van der Waals surface area (Å²) in [7, 11) is 0. The van der Waals surface area contributed by atoms with Gasteiger partial charge in [0.25, 0.3) is 0 Å². The van der Waals surface area contributed by atoms with Gasteiger partial charge in [-0.15, -0.1) is 10.2 Å². The van der Waals surface area contributed by atoms with E-state index < -0.39 is 0 Å². The van der Waals surface area contributed by atoms with Gasteiger partial charge in [0.15, 0.2) is 5.82 Å². The molecular formula is C13H19N5OS. The largest absolute Gasteiger partial charge is 0.381 e. The molecule has 4 rings (SSSR count). The number of nitrogens with two attached hydrogens (primary N) is 1. The molecule has 0 radical (unpaired) electrons. The molecule has 0 aromatic carbocycles. The van der Waals surface area contributed by atoms with Gasteiger partial charge in [-0.2, -0.15) is 9.61 Å². The molecule has 1 saturated carbocycles. The fourth-order valence-electron chi connectivity index (χ4n) is 2.92. The number of hydrogen-bond acceptors (Lipinski definition) is 6. The fraction of sp³-hybridized carbons (Fsp3) is 0.769. The van der Waals surface area contributed by atoms with Gasteiger partial charge in [-0.3, -0.25) is 0 Å². The molecule has 2 N–H and O–H groups in total. The average Bonchev–Trinajstić information content (AvgIpc) is 3.11. The summed E-state index contributed by atoms with van der Waals surface area (Å²) < 4.78 is 7.32. The Bertz CT molecular complexity index is 624. The van der Waals surface area contributed by atoms with Crippen LogP contribution in [0, 0.1) is 5.92 Å². The average molecular weight is 293 g/mol. The minimum Gasteiger partial charge on any atom is -0.381 e. The lowest BCUT2D eigenvalue weighted by Gasteiger charge is -2.21. The lowest BCUT2D eigenvalue weighted by Crippen LogP contribution is -2.35. The van der Waals surface area contributed by atoms with Crippen LogP contribution in [0.25, 0.3) is 4.96 Å². The summed E-state index contributed by atoms with van der Waals surface area (Å²) in [6, 6.07) is 0. The summed E-state index contributed by atoms with van der Waals surface area (Å²) in [4.78, 5) is 0.860. The van der Waals surface area contributed by atoms with E-state index in [2.05, 4.69) is 17.1 Å². The zero-order valence-electron chi connectivity index (χ0n) is 11.6. The summed E-state index contributed by atoms with van der Waals surface area (Å²) >= 11 is 1.58. The molecule has 0 spiro atoms. The molecule has 1 saturated heterocycles. The van der Waals surface area contributed by atoms with Gasteiger partial charge in [-0.1, -0.05) is 11.3 Å². The third-order valence-electron chi connectivity index (χ3n) is 4.49. The number of nitrogens with zero attached hydrogens (tertiary/aromatic N) is 4. The quantitative estimate of drug-likeness (QED) is 0.931. The maximum atomic E-state index is 6.46. The second kappa shape index (κ2) is 4.47. The first kappa shape index (κ1) is 12.7. The van der Waals surface area contributed by atoms with Crippen molar-refractivity contribution >= 4 is 16.3 Å². The number of aromatic nitrogens is 4. The van der Waals surface area contributed by atoms with E-state index in [1.165, 1.54) is 12.8 Å². The molecule has 108 valence electrons. The highest BCUT2D eigenvalue weighted by Gasteiger charge is 2.42. The lowest BCUT2D eigenvalue weighted by molar-refractivity contribution is 0.0831. The van der Waals surface area contributed by atoms with E-state index in [-0.39, 0.29) is 5.54 Å². The van der Waals surface area contributed by atoms with Crippen LogP contribution in [0.3, 0.4) is 0 Å². The predicted molar refractivity (Wildman–Crippen MR) is 75.7 cm³/mol. The predicted octanol–water partition coefficient (Wildman–Crippen LogP) is 1.66. The molecule has 20 heavy (non-hydrogen) atoms. The van der Waals surface area contributed by atoms with Gasteiger partial charge in [-0.05, 0) is 38.5 Å². The molecule has 7 heteroatoms. The summed E-state index contributed by atoms with van der Waals surface area (Å²) in [5.74, 6) is 1.94. The highest BCUT2D eigenvalue weighted by molar-refractivity contribution is 7.16. The third-order valence-corrected chi connectivity index (χ3v) is 5.64. The second-order valence-corrected chi connectivity index (χ2v) is 7.06. The summed E-state index contributed by atoms with van der Waals surface area (Å²) in [5.41, 5.74) is 6.14. The summed E-state index contributed by atoms with van der Waals surface area (Å²) in [5, 5.41) is 14.3. The first-order valence-corrected chi connectivity index (χ1v) is 8.07. The second-order valence-electron chi connectivity index (χ2n) is 6.10. The molecule has 1 aliphatic carbocycles. The van der Waals surface area contributed by atoms with Gasteiger partial charge in [0.2, 0.25) is 4.96 Å². The molecule has 2 aliphatic rings. The Hall–Kier alpha value is -1.05. The zero-order valence-corrected chi connectivity index (χ0v) is 12.4. The first-order chi connectivity index (χ1) is 9.66. The molecule has 1 unspecified atom stereocenters. The molecule has 6 nitrogen and oxygen atoms in total. The number of rotatable bonds is 3. The number of ether oxygens (including phenoxy) is 1. The number of fused-ring (bicyclic) bond motifs is 1. The van der Waals surface area contributed by atoms with E-state index in [1.54, 1.807) is 11.3 Å². The van der Waals surface area contributed by atoms with E-state index in [9.17, 15) is 0 Å². The van der Waals surface area contributed by atoms with Crippen LogP contribution in [-0.4, -0.2) is 33.0 Å². The topological polar surface area (TPSA) is 78.3 Å². The molecule has 1 atom stereocenters. The van der Waals surface area contributed by atoms with E-state index in [0.717, 1.165) is 41.8 Å². The minimum atomic E-state index is -0.321. The van der Waals surface area contributed by atoms with Crippen molar-refractivity contribution in [1.82, 2.24) is 19.8 Å². The summed E-state index contributed by atoms with van der Waals surface area (Å²) in [6.45, 7) is 3.69.